The van der Waals surface area contributed by atoms with E-state index in [1.807, 2.05) is 67.8 Å². The van der Waals surface area contributed by atoms with E-state index in [0.717, 1.165) is 51.2 Å². The van der Waals surface area contributed by atoms with Gasteiger partial charge in [0.05, 0.1) is 17.8 Å². The number of rotatable bonds is 6. The zero-order valence-electron chi connectivity index (χ0n) is 23.0. The Kier molecular flexibility index (Phi) is 6.82. The molecule has 7 heteroatoms. The second kappa shape index (κ2) is 10.6. The molecule has 3 aromatic heterocycles. The van der Waals surface area contributed by atoms with E-state index in [1.54, 1.807) is 0 Å². The van der Waals surface area contributed by atoms with Gasteiger partial charge in [0.1, 0.15) is 17.3 Å². The van der Waals surface area contributed by atoms with Crippen LogP contribution in [0.1, 0.15) is 45.9 Å². The standard InChI is InChI=1S/C33H31N5OS/c1-21-12-17-30(35-20-21)37-23(3)19-27(24(37)4)32-31(28-10-7-8-18-34-28)36-33(40)38(32)25-13-15-26(16-14-25)39-29-11-6-5-9-22(29)2/h5-20,31-32H,1-4H3,(H,36,40)/t31-,32+/m0/s1. The first-order valence-electron chi connectivity index (χ1n) is 13.4. The molecule has 0 saturated carbocycles. The zero-order chi connectivity index (χ0) is 27.8. The average molecular weight is 546 g/mol. The van der Waals surface area contributed by atoms with E-state index in [4.69, 9.17) is 26.9 Å². The number of benzene rings is 2. The maximum atomic E-state index is 6.16. The Hall–Kier alpha value is -4.49. The number of para-hydroxylation sites is 1. The lowest BCUT2D eigenvalue weighted by atomic mass is 9.96. The van der Waals surface area contributed by atoms with Crippen molar-refractivity contribution >= 4 is 23.0 Å². The summed E-state index contributed by atoms with van der Waals surface area (Å²) in [5, 5.41) is 4.23. The summed E-state index contributed by atoms with van der Waals surface area (Å²) in [6.07, 6.45) is 3.74. The largest absolute Gasteiger partial charge is 0.457 e. The maximum absolute atomic E-state index is 6.16. The molecule has 0 bridgehead atoms. The predicted molar refractivity (Wildman–Crippen MR) is 163 cm³/mol. The quantitative estimate of drug-likeness (QED) is 0.223. The van der Waals surface area contributed by atoms with Crippen molar-refractivity contribution in [3.05, 3.63) is 131 Å². The highest BCUT2D eigenvalue weighted by Gasteiger charge is 2.42. The molecule has 1 aliphatic heterocycles. The fourth-order valence-corrected chi connectivity index (χ4v) is 5.80. The summed E-state index contributed by atoms with van der Waals surface area (Å²) in [6, 6.07) is 28.3. The van der Waals surface area contributed by atoms with E-state index in [0.29, 0.717) is 5.11 Å². The van der Waals surface area contributed by atoms with Gasteiger partial charge in [0.25, 0.3) is 0 Å². The third-order valence-electron chi connectivity index (χ3n) is 7.45. The SMILES string of the molecule is Cc1ccc(-n2c(C)cc([C@@H]3[C@H](c4ccccn4)NC(=S)N3c3ccc(Oc4ccccc4C)cc3)c2C)nc1. The molecule has 200 valence electrons. The molecule has 6 nitrogen and oxygen atoms in total. The number of anilines is 1. The lowest BCUT2D eigenvalue weighted by molar-refractivity contribution is 0.479. The first kappa shape index (κ1) is 25.8. The summed E-state index contributed by atoms with van der Waals surface area (Å²) in [5.74, 6) is 2.52. The van der Waals surface area contributed by atoms with Crippen LogP contribution in [0.4, 0.5) is 5.69 Å². The van der Waals surface area contributed by atoms with Crippen molar-refractivity contribution in [3.8, 4) is 17.3 Å². The van der Waals surface area contributed by atoms with Gasteiger partial charge in [-0.3, -0.25) is 4.98 Å². The molecule has 0 aliphatic carbocycles. The monoisotopic (exact) mass is 545 g/mol. The Morgan fingerprint density at radius 1 is 0.850 bits per heavy atom. The number of aromatic nitrogens is 3. The van der Waals surface area contributed by atoms with Gasteiger partial charge in [-0.15, -0.1) is 0 Å². The van der Waals surface area contributed by atoms with Gasteiger partial charge in [-0.25, -0.2) is 4.98 Å². The van der Waals surface area contributed by atoms with Crippen molar-refractivity contribution in [3.63, 3.8) is 0 Å². The molecule has 1 aliphatic rings. The highest BCUT2D eigenvalue weighted by atomic mass is 32.1. The number of hydrogen-bond donors (Lipinski definition) is 1. The van der Waals surface area contributed by atoms with Crippen LogP contribution in [0, 0.1) is 27.7 Å². The van der Waals surface area contributed by atoms with E-state index >= 15 is 0 Å². The van der Waals surface area contributed by atoms with Gasteiger partial charge in [-0.05, 0) is 111 Å². The van der Waals surface area contributed by atoms with E-state index in [9.17, 15) is 0 Å². The molecule has 40 heavy (non-hydrogen) atoms. The Labute approximate surface area is 240 Å². The molecule has 0 amide bonds. The van der Waals surface area contributed by atoms with Crippen LogP contribution in [-0.4, -0.2) is 19.6 Å². The first-order valence-corrected chi connectivity index (χ1v) is 13.8. The summed E-state index contributed by atoms with van der Waals surface area (Å²) in [6.45, 7) is 8.37. The molecular weight excluding hydrogens is 514 g/mol. The highest BCUT2D eigenvalue weighted by molar-refractivity contribution is 7.80. The Bertz CT molecular complexity index is 1660. The van der Waals surface area contributed by atoms with Gasteiger partial charge in [0, 0.05) is 29.5 Å². The van der Waals surface area contributed by atoms with E-state index in [1.165, 1.54) is 5.56 Å². The van der Waals surface area contributed by atoms with E-state index in [-0.39, 0.29) is 12.1 Å². The Morgan fingerprint density at radius 3 is 2.33 bits per heavy atom. The lowest BCUT2D eigenvalue weighted by Crippen LogP contribution is -2.29. The number of hydrogen-bond acceptors (Lipinski definition) is 4. The minimum absolute atomic E-state index is 0.115. The first-order chi connectivity index (χ1) is 19.4. The minimum atomic E-state index is -0.128. The third kappa shape index (κ3) is 4.73. The Morgan fingerprint density at radius 2 is 1.62 bits per heavy atom. The van der Waals surface area contributed by atoms with Gasteiger partial charge in [0.2, 0.25) is 0 Å². The third-order valence-corrected chi connectivity index (χ3v) is 7.76. The normalized spacial score (nSPS) is 16.7. The van der Waals surface area contributed by atoms with Gasteiger partial charge in [-0.2, -0.15) is 0 Å². The van der Waals surface area contributed by atoms with Gasteiger partial charge in [0.15, 0.2) is 5.11 Å². The van der Waals surface area contributed by atoms with Crippen LogP contribution in [0.5, 0.6) is 11.5 Å². The van der Waals surface area contributed by atoms with Crippen molar-refractivity contribution in [1.29, 1.82) is 0 Å². The molecule has 0 spiro atoms. The number of thiocarbonyl (C=S) groups is 1. The van der Waals surface area contributed by atoms with E-state index < -0.39 is 0 Å². The molecule has 5 aromatic rings. The van der Waals surface area contributed by atoms with E-state index in [2.05, 4.69) is 72.0 Å². The van der Waals surface area contributed by atoms with Gasteiger partial charge in [-0.1, -0.05) is 30.3 Å². The number of pyridine rings is 2. The highest BCUT2D eigenvalue weighted by Crippen LogP contribution is 2.44. The Balaban J connectivity index is 1.41. The molecule has 0 unspecified atom stereocenters. The molecule has 0 radical (unpaired) electrons. The second-order valence-electron chi connectivity index (χ2n) is 10.2. The van der Waals surface area contributed by atoms with Crippen molar-refractivity contribution in [2.24, 2.45) is 0 Å². The molecule has 2 aromatic carbocycles. The fraction of sp³-hybridized carbons (Fsp3) is 0.182. The van der Waals surface area contributed by atoms with Gasteiger partial charge >= 0.3 is 0 Å². The van der Waals surface area contributed by atoms with Crippen molar-refractivity contribution in [1.82, 2.24) is 19.9 Å². The van der Waals surface area contributed by atoms with Gasteiger partial charge < -0.3 is 19.5 Å². The average Bonchev–Trinajstić information content (AvgIpc) is 3.46. The summed E-state index contributed by atoms with van der Waals surface area (Å²) < 4.78 is 8.38. The summed E-state index contributed by atoms with van der Waals surface area (Å²) >= 11 is 5.96. The lowest BCUT2D eigenvalue weighted by Gasteiger charge is -2.28. The zero-order valence-corrected chi connectivity index (χ0v) is 23.8. The fourth-order valence-electron chi connectivity index (χ4n) is 5.45. The summed E-state index contributed by atoms with van der Waals surface area (Å²) in [5.41, 5.74) is 7.55. The smallest absolute Gasteiger partial charge is 0.174 e. The van der Waals surface area contributed by atoms with Crippen molar-refractivity contribution in [2.45, 2.75) is 39.8 Å². The van der Waals surface area contributed by atoms with Crippen LogP contribution < -0.4 is 15.0 Å². The van der Waals surface area contributed by atoms with Crippen LogP contribution in [-0.2, 0) is 0 Å². The topological polar surface area (TPSA) is 55.2 Å². The van der Waals surface area contributed by atoms with Crippen LogP contribution in [0.25, 0.3) is 5.82 Å². The molecule has 4 heterocycles. The predicted octanol–water partition coefficient (Wildman–Crippen LogP) is 7.47. The summed E-state index contributed by atoms with van der Waals surface area (Å²) in [4.78, 5) is 11.6. The number of aryl methyl sites for hydroxylation is 3. The van der Waals surface area contributed by atoms with Crippen molar-refractivity contribution < 1.29 is 4.74 Å². The maximum Gasteiger partial charge on any atom is 0.174 e. The number of nitrogens with one attached hydrogen (secondary N) is 1. The molecule has 1 fully saturated rings. The van der Waals surface area contributed by atoms with Crippen LogP contribution >= 0.6 is 12.2 Å². The number of ether oxygens (including phenoxy) is 1. The summed E-state index contributed by atoms with van der Waals surface area (Å²) in [7, 11) is 0. The molecule has 2 atom stereocenters. The molecular formula is C33H31N5OS. The molecule has 6 rings (SSSR count). The van der Waals surface area contributed by atoms with Crippen molar-refractivity contribution in [2.75, 3.05) is 4.90 Å². The van der Waals surface area contributed by atoms with Crippen LogP contribution in [0.2, 0.25) is 0 Å². The molecule has 1 saturated heterocycles. The minimum Gasteiger partial charge on any atom is -0.457 e. The molecule has 1 N–H and O–H groups in total. The second-order valence-corrected chi connectivity index (χ2v) is 10.6. The van der Waals surface area contributed by atoms with Crippen LogP contribution in [0.15, 0.2) is 97.3 Å². The van der Waals surface area contributed by atoms with Crippen LogP contribution in [0.3, 0.4) is 0 Å². The number of nitrogens with zero attached hydrogens (tertiary/aromatic N) is 4.